The lowest BCUT2D eigenvalue weighted by molar-refractivity contribution is 0.101. The molecule has 0 saturated carbocycles. The molecule has 0 spiro atoms. The number of hydrogen-bond acceptors (Lipinski definition) is 6. The van der Waals surface area contributed by atoms with Crippen molar-refractivity contribution < 1.29 is 14.3 Å². The minimum absolute atomic E-state index is 0.220. The van der Waals surface area contributed by atoms with Crippen LogP contribution in [0.1, 0.15) is 31.2 Å². The summed E-state index contributed by atoms with van der Waals surface area (Å²) in [5, 5.41) is 16.7. The smallest absolute Gasteiger partial charge is 0.265 e. The van der Waals surface area contributed by atoms with Crippen molar-refractivity contribution in [1.82, 2.24) is 4.98 Å². The molecule has 0 radical (unpaired) electrons. The SMILES string of the molecule is Cc1cc(Oc2ncccc2C#N)ccc1NC(=O)c1cccc(NC(=O)c2cccs2)c1. The molecule has 2 aromatic heterocycles. The fourth-order valence-corrected chi connectivity index (χ4v) is 3.66. The van der Waals surface area contributed by atoms with Crippen LogP contribution >= 0.6 is 11.3 Å². The maximum absolute atomic E-state index is 12.8. The second kappa shape index (κ2) is 9.77. The molecule has 0 aliphatic heterocycles. The summed E-state index contributed by atoms with van der Waals surface area (Å²) in [6.45, 7) is 1.84. The third kappa shape index (κ3) is 5.23. The maximum atomic E-state index is 12.8. The molecule has 0 bridgehead atoms. The van der Waals surface area contributed by atoms with Gasteiger partial charge in [-0.05, 0) is 72.5 Å². The number of carbonyl (C=O) groups is 2. The number of nitrogens with zero attached hydrogens (tertiary/aromatic N) is 2. The zero-order chi connectivity index (χ0) is 23.2. The zero-order valence-corrected chi connectivity index (χ0v) is 18.3. The van der Waals surface area contributed by atoms with Crippen molar-refractivity contribution in [3.63, 3.8) is 0 Å². The highest BCUT2D eigenvalue weighted by Crippen LogP contribution is 2.27. The Morgan fingerprint density at radius 3 is 2.64 bits per heavy atom. The highest BCUT2D eigenvalue weighted by Gasteiger charge is 2.12. The van der Waals surface area contributed by atoms with Crippen molar-refractivity contribution in [2.75, 3.05) is 10.6 Å². The summed E-state index contributed by atoms with van der Waals surface area (Å²) >= 11 is 1.35. The molecule has 0 aliphatic carbocycles. The van der Waals surface area contributed by atoms with Gasteiger partial charge in [-0.2, -0.15) is 5.26 Å². The lowest BCUT2D eigenvalue weighted by Gasteiger charge is -2.12. The first-order valence-electron chi connectivity index (χ1n) is 9.93. The number of nitriles is 1. The number of thiophene rings is 1. The van der Waals surface area contributed by atoms with E-state index in [9.17, 15) is 14.9 Å². The Morgan fingerprint density at radius 1 is 1.00 bits per heavy atom. The first-order chi connectivity index (χ1) is 16.0. The molecule has 2 heterocycles. The highest BCUT2D eigenvalue weighted by molar-refractivity contribution is 7.12. The van der Waals surface area contributed by atoms with Crippen LogP contribution < -0.4 is 15.4 Å². The van der Waals surface area contributed by atoms with Crippen LogP contribution in [0.25, 0.3) is 0 Å². The molecule has 162 valence electrons. The van der Waals surface area contributed by atoms with Gasteiger partial charge in [0.15, 0.2) is 0 Å². The van der Waals surface area contributed by atoms with E-state index in [0.29, 0.717) is 33.1 Å². The van der Waals surface area contributed by atoms with Crippen LogP contribution in [0, 0.1) is 18.3 Å². The molecule has 2 aromatic carbocycles. The van der Waals surface area contributed by atoms with E-state index in [2.05, 4.69) is 15.6 Å². The van der Waals surface area contributed by atoms with E-state index in [1.807, 2.05) is 18.4 Å². The van der Waals surface area contributed by atoms with E-state index < -0.39 is 0 Å². The average Bonchev–Trinajstić information content (AvgIpc) is 3.37. The van der Waals surface area contributed by atoms with Gasteiger partial charge in [-0.15, -0.1) is 11.3 Å². The second-order valence-electron chi connectivity index (χ2n) is 7.01. The van der Waals surface area contributed by atoms with Crippen LogP contribution in [0.3, 0.4) is 0 Å². The van der Waals surface area contributed by atoms with Crippen molar-refractivity contribution >= 4 is 34.5 Å². The van der Waals surface area contributed by atoms with Gasteiger partial charge in [-0.3, -0.25) is 9.59 Å². The molecule has 0 fully saturated rings. The number of benzene rings is 2. The summed E-state index contributed by atoms with van der Waals surface area (Å²) in [6, 6.07) is 20.8. The number of anilines is 2. The normalized spacial score (nSPS) is 10.2. The van der Waals surface area contributed by atoms with Crippen LogP contribution in [0.2, 0.25) is 0 Å². The summed E-state index contributed by atoms with van der Waals surface area (Å²) in [5.41, 5.74) is 2.66. The largest absolute Gasteiger partial charge is 0.438 e. The standard InChI is InChI=1S/C25H18N4O3S/c1-16-13-20(32-25-18(15-26)6-3-11-27-25)9-10-21(16)29-23(30)17-5-2-7-19(14-17)28-24(31)22-8-4-12-33-22/h2-14H,1H3,(H,28,31)(H,29,30). The van der Waals surface area contributed by atoms with Crippen LogP contribution in [-0.4, -0.2) is 16.8 Å². The van der Waals surface area contributed by atoms with Crippen LogP contribution in [0.4, 0.5) is 11.4 Å². The van der Waals surface area contributed by atoms with Crippen molar-refractivity contribution in [1.29, 1.82) is 5.26 Å². The molecule has 33 heavy (non-hydrogen) atoms. The summed E-state index contributed by atoms with van der Waals surface area (Å²) in [4.78, 5) is 29.7. The van der Waals surface area contributed by atoms with Crippen molar-refractivity contribution in [2.24, 2.45) is 0 Å². The van der Waals surface area contributed by atoms with Crippen molar-refractivity contribution in [2.45, 2.75) is 6.92 Å². The zero-order valence-electron chi connectivity index (χ0n) is 17.5. The first-order valence-corrected chi connectivity index (χ1v) is 10.8. The predicted molar refractivity (Wildman–Crippen MR) is 127 cm³/mol. The summed E-state index contributed by atoms with van der Waals surface area (Å²) in [5.74, 6) is 0.188. The number of hydrogen-bond donors (Lipinski definition) is 2. The number of rotatable bonds is 6. The quantitative estimate of drug-likeness (QED) is 0.393. The molecule has 2 N–H and O–H groups in total. The average molecular weight is 455 g/mol. The third-order valence-corrected chi connectivity index (χ3v) is 5.55. The van der Waals surface area contributed by atoms with Crippen LogP contribution in [0.15, 0.2) is 78.3 Å². The monoisotopic (exact) mass is 454 g/mol. The number of aromatic nitrogens is 1. The number of ether oxygens (including phenoxy) is 1. The van der Waals surface area contributed by atoms with E-state index in [1.165, 1.54) is 11.3 Å². The second-order valence-corrected chi connectivity index (χ2v) is 7.96. The number of carbonyl (C=O) groups excluding carboxylic acids is 2. The van der Waals surface area contributed by atoms with E-state index in [1.54, 1.807) is 72.9 Å². The van der Waals surface area contributed by atoms with Crippen LogP contribution in [0.5, 0.6) is 11.6 Å². The summed E-state index contributed by atoms with van der Waals surface area (Å²) in [7, 11) is 0. The lowest BCUT2D eigenvalue weighted by Crippen LogP contribution is -2.14. The Labute approximate surface area is 194 Å². The third-order valence-electron chi connectivity index (χ3n) is 4.68. The van der Waals surface area contributed by atoms with Gasteiger partial charge >= 0.3 is 0 Å². The van der Waals surface area contributed by atoms with Gasteiger partial charge in [0.2, 0.25) is 5.88 Å². The fourth-order valence-electron chi connectivity index (χ4n) is 3.04. The number of aryl methyl sites for hydroxylation is 1. The van der Waals surface area contributed by atoms with Crippen molar-refractivity contribution in [3.8, 4) is 17.7 Å². The van der Waals surface area contributed by atoms with Gasteiger partial charge in [-0.1, -0.05) is 12.1 Å². The van der Waals surface area contributed by atoms with E-state index in [4.69, 9.17) is 4.74 Å². The van der Waals surface area contributed by atoms with Gasteiger partial charge in [0.25, 0.3) is 11.8 Å². The molecule has 8 heteroatoms. The van der Waals surface area contributed by atoms with Gasteiger partial charge in [0.1, 0.15) is 17.4 Å². The molecule has 0 atom stereocenters. The topological polar surface area (TPSA) is 104 Å². The summed E-state index contributed by atoms with van der Waals surface area (Å²) in [6.07, 6.45) is 1.55. The molecule has 0 aliphatic rings. The van der Waals surface area contributed by atoms with Crippen LogP contribution in [-0.2, 0) is 0 Å². The van der Waals surface area contributed by atoms with Gasteiger partial charge in [0, 0.05) is 23.1 Å². The molecule has 0 saturated heterocycles. The minimum atomic E-state index is -0.310. The Kier molecular flexibility index (Phi) is 6.43. The van der Waals surface area contributed by atoms with Gasteiger partial charge < -0.3 is 15.4 Å². The molecule has 0 unspecified atom stereocenters. The summed E-state index contributed by atoms with van der Waals surface area (Å²) < 4.78 is 5.72. The van der Waals surface area contributed by atoms with Crippen molar-refractivity contribution in [3.05, 3.63) is 99.9 Å². The maximum Gasteiger partial charge on any atom is 0.265 e. The molecular formula is C25H18N4O3S. The van der Waals surface area contributed by atoms with E-state index in [0.717, 1.165) is 5.56 Å². The highest BCUT2D eigenvalue weighted by atomic mass is 32.1. The Hall–Kier alpha value is -4.48. The number of nitrogens with one attached hydrogen (secondary N) is 2. The fraction of sp³-hybridized carbons (Fsp3) is 0.0400. The first kappa shape index (κ1) is 21.7. The Bertz CT molecular complexity index is 1360. The Morgan fingerprint density at radius 2 is 1.88 bits per heavy atom. The molecule has 4 rings (SSSR count). The van der Waals surface area contributed by atoms with E-state index >= 15 is 0 Å². The lowest BCUT2D eigenvalue weighted by atomic mass is 10.1. The van der Waals surface area contributed by atoms with E-state index in [-0.39, 0.29) is 17.7 Å². The molecule has 2 amide bonds. The Balaban J connectivity index is 1.45. The number of pyridine rings is 1. The van der Waals surface area contributed by atoms with Gasteiger partial charge in [0.05, 0.1) is 4.88 Å². The minimum Gasteiger partial charge on any atom is -0.438 e. The molecule has 7 nitrogen and oxygen atoms in total. The number of amides is 2. The van der Waals surface area contributed by atoms with Gasteiger partial charge in [-0.25, -0.2) is 4.98 Å². The molecule has 4 aromatic rings. The predicted octanol–water partition coefficient (Wildman–Crippen LogP) is 5.62. The molecular weight excluding hydrogens is 436 g/mol.